The number of hydrogen-bond acceptors (Lipinski definition) is 5. The van der Waals surface area contributed by atoms with Crippen LogP contribution in [0.2, 0.25) is 0 Å². The lowest BCUT2D eigenvalue weighted by atomic mass is 10.3. The summed E-state index contributed by atoms with van der Waals surface area (Å²) >= 11 is 1.72. The van der Waals surface area contributed by atoms with Crippen LogP contribution in [0.3, 0.4) is 0 Å². The molecule has 0 saturated carbocycles. The number of aliphatic hydroxyl groups is 1. The highest BCUT2D eigenvalue weighted by Crippen LogP contribution is 2.16. The zero-order chi connectivity index (χ0) is 16.6. The number of furan rings is 1. The second kappa shape index (κ2) is 8.68. The fourth-order valence-electron chi connectivity index (χ4n) is 2.49. The first-order chi connectivity index (χ1) is 11.8. The molecule has 0 amide bonds. The monoisotopic (exact) mass is 343 g/mol. The minimum atomic E-state index is -0.569. The lowest BCUT2D eigenvalue weighted by Crippen LogP contribution is -2.34. The van der Waals surface area contributed by atoms with E-state index in [1.165, 1.54) is 4.88 Å². The summed E-state index contributed by atoms with van der Waals surface area (Å²) in [4.78, 5) is 3.43. The molecule has 0 aliphatic heterocycles. The first-order valence-electron chi connectivity index (χ1n) is 7.92. The van der Waals surface area contributed by atoms with Crippen LogP contribution in [0.25, 0.3) is 0 Å². The lowest BCUT2D eigenvalue weighted by molar-refractivity contribution is 0.0608. The van der Waals surface area contributed by atoms with E-state index < -0.39 is 6.10 Å². The summed E-state index contributed by atoms with van der Waals surface area (Å²) in [7, 11) is 0. The van der Waals surface area contributed by atoms with Crippen molar-refractivity contribution in [3.05, 3.63) is 76.9 Å². The molecule has 5 heteroatoms. The predicted octanol–water partition coefficient (Wildman–Crippen LogP) is 3.78. The Morgan fingerprint density at radius 3 is 2.62 bits per heavy atom. The van der Waals surface area contributed by atoms with Crippen molar-refractivity contribution < 1.29 is 14.3 Å². The molecule has 2 aromatic heterocycles. The summed E-state index contributed by atoms with van der Waals surface area (Å²) in [5.74, 6) is 1.66. The Bertz CT molecular complexity index is 647. The van der Waals surface area contributed by atoms with Gasteiger partial charge in [-0.15, -0.1) is 11.3 Å². The molecule has 3 rings (SSSR count). The van der Waals surface area contributed by atoms with Gasteiger partial charge in [-0.05, 0) is 35.7 Å². The van der Waals surface area contributed by atoms with E-state index in [-0.39, 0.29) is 6.61 Å². The van der Waals surface area contributed by atoms with E-state index in [9.17, 15) is 5.11 Å². The normalized spacial score (nSPS) is 12.4. The number of benzene rings is 1. The van der Waals surface area contributed by atoms with Gasteiger partial charge in [0.15, 0.2) is 0 Å². The molecule has 0 radical (unpaired) electrons. The first-order valence-corrected chi connectivity index (χ1v) is 8.80. The third-order valence-electron chi connectivity index (χ3n) is 3.57. The van der Waals surface area contributed by atoms with E-state index in [1.54, 1.807) is 17.6 Å². The molecule has 24 heavy (non-hydrogen) atoms. The average Bonchev–Trinajstić information content (AvgIpc) is 3.28. The van der Waals surface area contributed by atoms with Gasteiger partial charge >= 0.3 is 0 Å². The van der Waals surface area contributed by atoms with E-state index in [0.29, 0.717) is 13.1 Å². The van der Waals surface area contributed by atoms with Crippen LogP contribution in [-0.2, 0) is 13.1 Å². The predicted molar refractivity (Wildman–Crippen MR) is 95.1 cm³/mol. The second-order valence-electron chi connectivity index (χ2n) is 5.61. The molecule has 1 atom stereocenters. The van der Waals surface area contributed by atoms with Crippen LogP contribution in [0.15, 0.2) is 70.7 Å². The fraction of sp³-hybridized carbons (Fsp3) is 0.263. The summed E-state index contributed by atoms with van der Waals surface area (Å²) in [6.07, 6.45) is 1.10. The van der Waals surface area contributed by atoms with Crippen molar-refractivity contribution in [2.45, 2.75) is 19.2 Å². The van der Waals surface area contributed by atoms with Gasteiger partial charge in [0.05, 0.1) is 12.8 Å². The van der Waals surface area contributed by atoms with Crippen LogP contribution in [0.1, 0.15) is 10.6 Å². The molecule has 0 fully saturated rings. The molecule has 2 heterocycles. The summed E-state index contributed by atoms with van der Waals surface area (Å²) in [6.45, 7) is 2.22. The minimum Gasteiger partial charge on any atom is -0.491 e. The van der Waals surface area contributed by atoms with Crippen molar-refractivity contribution in [3.63, 3.8) is 0 Å². The highest BCUT2D eigenvalue weighted by atomic mass is 32.1. The molecule has 0 bridgehead atoms. The third kappa shape index (κ3) is 5.23. The van der Waals surface area contributed by atoms with Gasteiger partial charge in [-0.2, -0.15) is 0 Å². The van der Waals surface area contributed by atoms with Crippen LogP contribution < -0.4 is 4.74 Å². The van der Waals surface area contributed by atoms with Gasteiger partial charge in [0.1, 0.15) is 24.2 Å². The summed E-state index contributed by atoms with van der Waals surface area (Å²) in [6, 6.07) is 17.5. The summed E-state index contributed by atoms with van der Waals surface area (Å²) in [5, 5.41) is 12.4. The van der Waals surface area contributed by atoms with Crippen molar-refractivity contribution in [1.82, 2.24) is 4.90 Å². The SMILES string of the molecule is O[C@@H](COc1ccccc1)CN(Cc1ccco1)Cc1cccs1. The Labute approximate surface area is 145 Å². The fourth-order valence-corrected chi connectivity index (χ4v) is 3.24. The van der Waals surface area contributed by atoms with Gasteiger partial charge in [-0.3, -0.25) is 4.90 Å². The quantitative estimate of drug-likeness (QED) is 0.642. The molecule has 0 aliphatic carbocycles. The highest BCUT2D eigenvalue weighted by Gasteiger charge is 2.15. The van der Waals surface area contributed by atoms with Gasteiger partial charge in [-0.25, -0.2) is 0 Å². The molecule has 1 N–H and O–H groups in total. The maximum atomic E-state index is 10.3. The minimum absolute atomic E-state index is 0.267. The van der Waals surface area contributed by atoms with Crippen LogP contribution in [0.5, 0.6) is 5.75 Å². The Balaban J connectivity index is 1.55. The molecular weight excluding hydrogens is 322 g/mol. The Morgan fingerprint density at radius 2 is 1.92 bits per heavy atom. The zero-order valence-electron chi connectivity index (χ0n) is 13.4. The molecule has 0 aliphatic rings. The molecule has 4 nitrogen and oxygen atoms in total. The van der Waals surface area contributed by atoms with Crippen LogP contribution in [0, 0.1) is 0 Å². The van der Waals surface area contributed by atoms with Gasteiger partial charge in [0.25, 0.3) is 0 Å². The van der Waals surface area contributed by atoms with Crippen LogP contribution >= 0.6 is 11.3 Å². The zero-order valence-corrected chi connectivity index (χ0v) is 14.2. The number of hydrogen-bond donors (Lipinski definition) is 1. The van der Waals surface area contributed by atoms with E-state index in [1.807, 2.05) is 48.5 Å². The largest absolute Gasteiger partial charge is 0.491 e. The number of para-hydroxylation sites is 1. The van der Waals surface area contributed by atoms with E-state index in [0.717, 1.165) is 18.1 Å². The van der Waals surface area contributed by atoms with Crippen LogP contribution in [0.4, 0.5) is 0 Å². The van der Waals surface area contributed by atoms with E-state index in [4.69, 9.17) is 9.15 Å². The maximum absolute atomic E-state index is 10.3. The van der Waals surface area contributed by atoms with Crippen molar-refractivity contribution in [2.75, 3.05) is 13.2 Å². The van der Waals surface area contributed by atoms with Crippen molar-refractivity contribution in [2.24, 2.45) is 0 Å². The molecule has 0 unspecified atom stereocenters. The highest BCUT2D eigenvalue weighted by molar-refractivity contribution is 7.09. The van der Waals surface area contributed by atoms with E-state index in [2.05, 4.69) is 16.3 Å². The summed E-state index contributed by atoms with van der Waals surface area (Å²) < 4.78 is 11.1. The Kier molecular flexibility index (Phi) is 6.07. The third-order valence-corrected chi connectivity index (χ3v) is 4.43. The summed E-state index contributed by atoms with van der Waals surface area (Å²) in [5.41, 5.74) is 0. The van der Waals surface area contributed by atoms with Gasteiger partial charge in [-0.1, -0.05) is 24.3 Å². The molecule has 126 valence electrons. The van der Waals surface area contributed by atoms with Crippen LogP contribution in [-0.4, -0.2) is 29.3 Å². The Hall–Kier alpha value is -2.08. The maximum Gasteiger partial charge on any atom is 0.119 e. The van der Waals surface area contributed by atoms with Gasteiger partial charge in [0, 0.05) is 18.0 Å². The second-order valence-corrected chi connectivity index (χ2v) is 6.64. The Morgan fingerprint density at radius 1 is 1.04 bits per heavy atom. The molecule has 0 saturated heterocycles. The van der Waals surface area contributed by atoms with Crippen molar-refractivity contribution in [1.29, 1.82) is 0 Å². The topological polar surface area (TPSA) is 45.8 Å². The average molecular weight is 343 g/mol. The van der Waals surface area contributed by atoms with Crippen molar-refractivity contribution >= 4 is 11.3 Å². The van der Waals surface area contributed by atoms with Crippen molar-refractivity contribution in [3.8, 4) is 5.75 Å². The molecule has 1 aromatic carbocycles. The standard InChI is InChI=1S/C19H21NO3S/c21-16(15-23-17-6-2-1-3-7-17)12-20(13-18-8-4-10-22-18)14-19-9-5-11-24-19/h1-11,16,21H,12-15H2/t16-/m1/s1. The molecule has 3 aromatic rings. The lowest BCUT2D eigenvalue weighted by Gasteiger charge is -2.23. The number of ether oxygens (including phenoxy) is 1. The van der Waals surface area contributed by atoms with Gasteiger partial charge in [0.2, 0.25) is 0 Å². The number of rotatable bonds is 9. The molecule has 0 spiro atoms. The molecular formula is C19H21NO3S. The number of thiophene rings is 1. The first kappa shape index (κ1) is 16.8. The smallest absolute Gasteiger partial charge is 0.119 e. The number of aliphatic hydroxyl groups excluding tert-OH is 1. The van der Waals surface area contributed by atoms with E-state index >= 15 is 0 Å². The van der Waals surface area contributed by atoms with Gasteiger partial charge < -0.3 is 14.3 Å². The number of nitrogens with zero attached hydrogens (tertiary/aromatic N) is 1.